The maximum absolute atomic E-state index is 12.2. The lowest BCUT2D eigenvalue weighted by atomic mass is 9.97. The second-order valence-electron chi connectivity index (χ2n) is 5.98. The molecule has 0 aliphatic rings. The maximum Gasteiger partial charge on any atom is 0.262 e. The molecule has 0 aliphatic carbocycles. The van der Waals surface area contributed by atoms with Crippen molar-refractivity contribution in [3.63, 3.8) is 0 Å². The summed E-state index contributed by atoms with van der Waals surface area (Å²) in [6.45, 7) is 8.41. The molecule has 0 heterocycles. The van der Waals surface area contributed by atoms with Crippen LogP contribution in [0.4, 0.5) is 5.69 Å². The fourth-order valence-corrected chi connectivity index (χ4v) is 2.40. The van der Waals surface area contributed by atoms with Gasteiger partial charge < -0.3 is 10.1 Å². The number of aryl methyl sites for hydroxylation is 2. The number of para-hydroxylation sites is 1. The molecule has 1 amide bonds. The van der Waals surface area contributed by atoms with Crippen molar-refractivity contribution >= 4 is 11.6 Å². The summed E-state index contributed by atoms with van der Waals surface area (Å²) in [5.74, 6) is 0.990. The molecule has 0 bridgehead atoms. The third-order valence-corrected chi connectivity index (χ3v) is 4.23. The Labute approximate surface area is 138 Å². The van der Waals surface area contributed by atoms with Crippen LogP contribution in [-0.4, -0.2) is 12.5 Å². The van der Waals surface area contributed by atoms with Crippen molar-refractivity contribution in [2.75, 3.05) is 11.9 Å². The number of carbonyl (C=O) groups is 1. The number of amides is 1. The first-order valence-electron chi connectivity index (χ1n) is 8.10. The van der Waals surface area contributed by atoms with Gasteiger partial charge in [-0.1, -0.05) is 38.1 Å². The first-order chi connectivity index (χ1) is 11.0. The largest absolute Gasteiger partial charge is 0.484 e. The van der Waals surface area contributed by atoms with Crippen molar-refractivity contribution in [3.8, 4) is 5.75 Å². The zero-order valence-electron chi connectivity index (χ0n) is 14.3. The molecule has 1 N–H and O–H groups in total. The highest BCUT2D eigenvalue weighted by Gasteiger charge is 2.11. The monoisotopic (exact) mass is 311 g/mol. The van der Waals surface area contributed by atoms with Gasteiger partial charge in [-0.3, -0.25) is 4.79 Å². The lowest BCUT2D eigenvalue weighted by Crippen LogP contribution is -2.21. The molecule has 0 saturated carbocycles. The van der Waals surface area contributed by atoms with E-state index in [1.54, 1.807) is 0 Å². The summed E-state index contributed by atoms with van der Waals surface area (Å²) in [7, 11) is 0. The Morgan fingerprint density at radius 1 is 1.13 bits per heavy atom. The van der Waals surface area contributed by atoms with Gasteiger partial charge in [-0.15, -0.1) is 0 Å². The lowest BCUT2D eigenvalue weighted by molar-refractivity contribution is -0.118. The van der Waals surface area contributed by atoms with Crippen LogP contribution in [0.2, 0.25) is 0 Å². The average Bonchev–Trinajstić information content (AvgIpc) is 2.55. The van der Waals surface area contributed by atoms with E-state index in [0.29, 0.717) is 5.92 Å². The van der Waals surface area contributed by atoms with E-state index in [9.17, 15) is 4.79 Å². The molecule has 1 unspecified atom stereocenters. The predicted molar refractivity (Wildman–Crippen MR) is 95.2 cm³/mol. The third kappa shape index (κ3) is 4.59. The Kier molecular flexibility index (Phi) is 5.80. The molecule has 0 spiro atoms. The van der Waals surface area contributed by atoms with Gasteiger partial charge in [0.15, 0.2) is 6.61 Å². The van der Waals surface area contributed by atoms with Gasteiger partial charge in [0.2, 0.25) is 0 Å². The van der Waals surface area contributed by atoms with Crippen LogP contribution in [0.3, 0.4) is 0 Å². The number of nitrogens with one attached hydrogen (secondary N) is 1. The molecule has 2 aromatic rings. The predicted octanol–water partition coefficient (Wildman–Crippen LogP) is 4.83. The number of benzene rings is 2. The second kappa shape index (κ2) is 7.82. The summed E-state index contributed by atoms with van der Waals surface area (Å²) in [6, 6.07) is 13.8. The molecule has 3 heteroatoms. The number of hydrogen-bond donors (Lipinski definition) is 1. The highest BCUT2D eigenvalue weighted by atomic mass is 16.5. The summed E-state index contributed by atoms with van der Waals surface area (Å²) in [5, 5.41) is 2.96. The topological polar surface area (TPSA) is 38.3 Å². The normalized spacial score (nSPS) is 11.8. The molecule has 0 aromatic heterocycles. The Hall–Kier alpha value is -2.29. The van der Waals surface area contributed by atoms with Crippen LogP contribution in [0, 0.1) is 13.8 Å². The maximum atomic E-state index is 12.2. The van der Waals surface area contributed by atoms with E-state index < -0.39 is 0 Å². The van der Waals surface area contributed by atoms with Crippen LogP contribution in [0.5, 0.6) is 5.75 Å². The van der Waals surface area contributed by atoms with Gasteiger partial charge in [0.25, 0.3) is 5.91 Å². The summed E-state index contributed by atoms with van der Waals surface area (Å²) in [5.41, 5.74) is 4.40. The number of rotatable bonds is 6. The summed E-state index contributed by atoms with van der Waals surface area (Å²) in [6.07, 6.45) is 1.03. The molecule has 0 fully saturated rings. The fourth-order valence-electron chi connectivity index (χ4n) is 2.40. The Morgan fingerprint density at radius 3 is 2.57 bits per heavy atom. The standard InChI is InChI=1S/C20H25NO2/c1-5-14(2)18-8-6-7-9-19(18)21-20(22)13-23-17-11-10-15(3)16(4)12-17/h6-12,14H,5,13H2,1-4H3,(H,21,22). The quantitative estimate of drug-likeness (QED) is 0.829. The van der Waals surface area contributed by atoms with Crippen molar-refractivity contribution in [1.82, 2.24) is 0 Å². The Bertz CT molecular complexity index is 679. The van der Waals surface area contributed by atoms with E-state index in [-0.39, 0.29) is 12.5 Å². The van der Waals surface area contributed by atoms with Crippen LogP contribution >= 0.6 is 0 Å². The second-order valence-corrected chi connectivity index (χ2v) is 5.98. The summed E-state index contributed by atoms with van der Waals surface area (Å²) < 4.78 is 5.59. The number of anilines is 1. The Morgan fingerprint density at radius 2 is 1.87 bits per heavy atom. The Balaban J connectivity index is 1.98. The molecule has 3 nitrogen and oxygen atoms in total. The van der Waals surface area contributed by atoms with E-state index in [1.807, 2.05) is 43.3 Å². The highest BCUT2D eigenvalue weighted by molar-refractivity contribution is 5.92. The van der Waals surface area contributed by atoms with Gasteiger partial charge in [0.1, 0.15) is 5.75 Å². The van der Waals surface area contributed by atoms with E-state index in [1.165, 1.54) is 5.56 Å². The van der Waals surface area contributed by atoms with E-state index in [4.69, 9.17) is 4.74 Å². The molecular weight excluding hydrogens is 286 g/mol. The van der Waals surface area contributed by atoms with Crippen molar-refractivity contribution in [3.05, 3.63) is 59.2 Å². The zero-order chi connectivity index (χ0) is 16.8. The van der Waals surface area contributed by atoms with E-state index in [2.05, 4.69) is 32.2 Å². The van der Waals surface area contributed by atoms with Crippen LogP contribution in [0.25, 0.3) is 0 Å². The first-order valence-corrected chi connectivity index (χ1v) is 8.10. The number of hydrogen-bond acceptors (Lipinski definition) is 2. The summed E-state index contributed by atoms with van der Waals surface area (Å²) >= 11 is 0. The molecule has 122 valence electrons. The third-order valence-electron chi connectivity index (χ3n) is 4.23. The average molecular weight is 311 g/mol. The number of carbonyl (C=O) groups excluding carboxylic acids is 1. The molecule has 1 atom stereocenters. The summed E-state index contributed by atoms with van der Waals surface area (Å²) in [4.78, 5) is 12.2. The molecular formula is C20H25NO2. The molecule has 0 radical (unpaired) electrons. The molecule has 0 saturated heterocycles. The van der Waals surface area contributed by atoms with Crippen LogP contribution in [0.1, 0.15) is 42.9 Å². The fraction of sp³-hybridized carbons (Fsp3) is 0.350. The molecule has 2 rings (SSSR count). The van der Waals surface area contributed by atoms with Gasteiger partial charge in [0, 0.05) is 5.69 Å². The van der Waals surface area contributed by atoms with Crippen molar-refractivity contribution in [2.24, 2.45) is 0 Å². The number of ether oxygens (including phenoxy) is 1. The SMILES string of the molecule is CCC(C)c1ccccc1NC(=O)COc1ccc(C)c(C)c1. The minimum absolute atomic E-state index is 0.0113. The van der Waals surface area contributed by atoms with Crippen molar-refractivity contribution in [2.45, 2.75) is 40.0 Å². The van der Waals surface area contributed by atoms with Crippen molar-refractivity contribution < 1.29 is 9.53 Å². The van der Waals surface area contributed by atoms with Gasteiger partial charge in [-0.25, -0.2) is 0 Å². The smallest absolute Gasteiger partial charge is 0.262 e. The van der Waals surface area contributed by atoms with Crippen LogP contribution in [-0.2, 0) is 4.79 Å². The van der Waals surface area contributed by atoms with Crippen molar-refractivity contribution in [1.29, 1.82) is 0 Å². The van der Waals surface area contributed by atoms with Gasteiger partial charge >= 0.3 is 0 Å². The van der Waals surface area contributed by atoms with E-state index in [0.717, 1.165) is 29.0 Å². The van der Waals surface area contributed by atoms with Gasteiger partial charge in [-0.05, 0) is 61.1 Å². The first kappa shape index (κ1) is 17.1. The lowest BCUT2D eigenvalue weighted by Gasteiger charge is -2.16. The minimum atomic E-state index is -0.140. The molecule has 23 heavy (non-hydrogen) atoms. The van der Waals surface area contributed by atoms with E-state index >= 15 is 0 Å². The minimum Gasteiger partial charge on any atom is -0.484 e. The van der Waals surface area contributed by atoms with Crippen LogP contribution in [0.15, 0.2) is 42.5 Å². The van der Waals surface area contributed by atoms with Crippen LogP contribution < -0.4 is 10.1 Å². The highest BCUT2D eigenvalue weighted by Crippen LogP contribution is 2.26. The zero-order valence-corrected chi connectivity index (χ0v) is 14.3. The molecule has 2 aromatic carbocycles. The molecule has 0 aliphatic heterocycles. The van der Waals surface area contributed by atoms with Gasteiger partial charge in [-0.2, -0.15) is 0 Å². The van der Waals surface area contributed by atoms with Gasteiger partial charge in [0.05, 0.1) is 0 Å².